The van der Waals surface area contributed by atoms with E-state index in [0.29, 0.717) is 10.2 Å². The fourth-order valence-electron chi connectivity index (χ4n) is 2.25. The van der Waals surface area contributed by atoms with Gasteiger partial charge in [-0.1, -0.05) is 19.1 Å². The van der Waals surface area contributed by atoms with Crippen LogP contribution in [-0.4, -0.2) is 34.1 Å². The summed E-state index contributed by atoms with van der Waals surface area (Å²) >= 11 is 7.22. The number of aryl methyl sites for hydroxylation is 1. The quantitative estimate of drug-likeness (QED) is 0.862. The lowest BCUT2D eigenvalue weighted by Crippen LogP contribution is -2.39. The average Bonchev–Trinajstić information content (AvgIpc) is 2.38. The van der Waals surface area contributed by atoms with Gasteiger partial charge in [0.2, 0.25) is 0 Å². The van der Waals surface area contributed by atoms with Crippen molar-refractivity contribution in [2.24, 2.45) is 5.73 Å². The number of aromatic nitrogens is 1. The summed E-state index contributed by atoms with van der Waals surface area (Å²) < 4.78 is 0. The van der Waals surface area contributed by atoms with Gasteiger partial charge in [-0.05, 0) is 25.0 Å². The summed E-state index contributed by atoms with van der Waals surface area (Å²) in [4.78, 5) is 7.27. The van der Waals surface area contributed by atoms with Gasteiger partial charge in [0, 0.05) is 30.3 Å². The first kappa shape index (κ1) is 13.6. The molecule has 18 heavy (non-hydrogen) atoms. The fourth-order valence-corrected chi connectivity index (χ4v) is 3.68. The van der Waals surface area contributed by atoms with Crippen molar-refractivity contribution in [3.63, 3.8) is 0 Å². The van der Waals surface area contributed by atoms with Crippen molar-refractivity contribution in [1.29, 1.82) is 0 Å². The normalized spacial score (nSPS) is 19.9. The van der Waals surface area contributed by atoms with Crippen molar-refractivity contribution in [2.45, 2.75) is 25.5 Å². The van der Waals surface area contributed by atoms with E-state index < -0.39 is 0 Å². The summed E-state index contributed by atoms with van der Waals surface area (Å²) in [6.45, 7) is 6.33. The lowest BCUT2D eigenvalue weighted by Gasteiger charge is -2.34. The topological polar surface area (TPSA) is 42.2 Å². The van der Waals surface area contributed by atoms with E-state index in [4.69, 9.17) is 18.0 Å². The Labute approximate surface area is 118 Å². The highest BCUT2D eigenvalue weighted by Gasteiger charge is 2.23. The van der Waals surface area contributed by atoms with E-state index >= 15 is 0 Å². The SMILES string of the molecule is CCC1CN(c2nccc(C)c2C(N)=S)CCS1. The third kappa shape index (κ3) is 2.78. The zero-order valence-electron chi connectivity index (χ0n) is 10.8. The Bertz CT molecular complexity index is 448. The Hall–Kier alpha value is -0.810. The highest BCUT2D eigenvalue weighted by Crippen LogP contribution is 2.27. The molecule has 3 nitrogen and oxygen atoms in total. The molecule has 0 aromatic carbocycles. The molecule has 1 saturated heterocycles. The smallest absolute Gasteiger partial charge is 0.139 e. The van der Waals surface area contributed by atoms with Gasteiger partial charge in [-0.25, -0.2) is 4.98 Å². The predicted molar refractivity (Wildman–Crippen MR) is 83.6 cm³/mol. The summed E-state index contributed by atoms with van der Waals surface area (Å²) in [5, 5.41) is 0.681. The summed E-state index contributed by atoms with van der Waals surface area (Å²) in [5.74, 6) is 2.10. The van der Waals surface area contributed by atoms with Crippen LogP contribution in [0.15, 0.2) is 12.3 Å². The first-order valence-corrected chi connectivity index (χ1v) is 7.71. The van der Waals surface area contributed by atoms with Crippen molar-refractivity contribution in [3.8, 4) is 0 Å². The Morgan fingerprint density at radius 1 is 1.67 bits per heavy atom. The minimum absolute atomic E-state index is 0.446. The van der Waals surface area contributed by atoms with Crippen molar-refractivity contribution < 1.29 is 0 Å². The molecule has 0 radical (unpaired) electrons. The van der Waals surface area contributed by atoms with E-state index in [2.05, 4.69) is 16.8 Å². The number of thiocarbonyl (C=S) groups is 1. The maximum Gasteiger partial charge on any atom is 0.139 e. The Balaban J connectivity index is 2.32. The van der Waals surface area contributed by atoms with Gasteiger partial charge in [0.25, 0.3) is 0 Å². The van der Waals surface area contributed by atoms with Crippen LogP contribution in [0.25, 0.3) is 0 Å². The number of rotatable bonds is 3. The fraction of sp³-hybridized carbons (Fsp3) is 0.538. The van der Waals surface area contributed by atoms with Crippen LogP contribution in [0.4, 0.5) is 5.82 Å². The molecule has 1 unspecified atom stereocenters. The molecule has 0 spiro atoms. The molecule has 1 atom stereocenters. The second kappa shape index (κ2) is 5.89. The number of hydrogen-bond acceptors (Lipinski definition) is 4. The molecule has 1 fully saturated rings. The number of hydrogen-bond donors (Lipinski definition) is 1. The minimum atomic E-state index is 0.446. The van der Waals surface area contributed by atoms with Crippen LogP contribution in [0.5, 0.6) is 0 Å². The molecule has 1 aliphatic rings. The number of anilines is 1. The molecule has 0 bridgehead atoms. The van der Waals surface area contributed by atoms with E-state index in [1.807, 2.05) is 30.9 Å². The standard InChI is InChI=1S/C13H19N3S2/c1-3-10-8-16(6-7-18-10)13-11(12(14)17)9(2)4-5-15-13/h4-5,10H,3,6-8H2,1-2H3,(H2,14,17). The summed E-state index contributed by atoms with van der Waals surface area (Å²) in [7, 11) is 0. The molecule has 5 heteroatoms. The Kier molecular flexibility index (Phi) is 4.45. The van der Waals surface area contributed by atoms with Crippen molar-refractivity contribution in [3.05, 3.63) is 23.4 Å². The molecule has 1 aromatic heterocycles. The highest BCUT2D eigenvalue weighted by molar-refractivity contribution is 8.00. The molecule has 0 amide bonds. The van der Waals surface area contributed by atoms with Crippen molar-refractivity contribution in [2.75, 3.05) is 23.7 Å². The molecule has 1 aromatic rings. The van der Waals surface area contributed by atoms with Crippen LogP contribution in [0.3, 0.4) is 0 Å². The lowest BCUT2D eigenvalue weighted by atomic mass is 10.1. The molecule has 2 N–H and O–H groups in total. The zero-order valence-corrected chi connectivity index (χ0v) is 12.5. The van der Waals surface area contributed by atoms with Gasteiger partial charge in [-0.15, -0.1) is 0 Å². The van der Waals surface area contributed by atoms with E-state index in [-0.39, 0.29) is 0 Å². The van der Waals surface area contributed by atoms with Gasteiger partial charge in [-0.3, -0.25) is 0 Å². The van der Waals surface area contributed by atoms with Gasteiger partial charge < -0.3 is 10.6 Å². The van der Waals surface area contributed by atoms with Crippen LogP contribution in [0.2, 0.25) is 0 Å². The minimum Gasteiger partial charge on any atom is -0.389 e. The van der Waals surface area contributed by atoms with Crippen LogP contribution < -0.4 is 10.6 Å². The molecular formula is C13H19N3S2. The van der Waals surface area contributed by atoms with Crippen LogP contribution in [-0.2, 0) is 0 Å². The lowest BCUT2D eigenvalue weighted by molar-refractivity contribution is 0.719. The largest absolute Gasteiger partial charge is 0.389 e. The van der Waals surface area contributed by atoms with E-state index in [0.717, 1.165) is 35.8 Å². The van der Waals surface area contributed by atoms with E-state index in [9.17, 15) is 0 Å². The molecule has 2 rings (SSSR count). The molecule has 2 heterocycles. The molecule has 0 saturated carbocycles. The third-order valence-electron chi connectivity index (χ3n) is 3.28. The predicted octanol–water partition coefficient (Wildman–Crippen LogP) is 2.36. The van der Waals surface area contributed by atoms with Gasteiger partial charge in [0.1, 0.15) is 10.8 Å². The monoisotopic (exact) mass is 281 g/mol. The van der Waals surface area contributed by atoms with Gasteiger partial charge in [0.05, 0.1) is 5.56 Å². The number of thioether (sulfide) groups is 1. The van der Waals surface area contributed by atoms with E-state index in [1.54, 1.807) is 0 Å². The number of pyridine rings is 1. The van der Waals surface area contributed by atoms with Crippen LogP contribution in [0, 0.1) is 6.92 Å². The van der Waals surface area contributed by atoms with Crippen LogP contribution in [0.1, 0.15) is 24.5 Å². The second-order valence-electron chi connectivity index (χ2n) is 4.54. The number of nitrogens with zero attached hydrogens (tertiary/aromatic N) is 2. The summed E-state index contributed by atoms with van der Waals surface area (Å²) in [6.07, 6.45) is 3.03. The maximum atomic E-state index is 5.85. The summed E-state index contributed by atoms with van der Waals surface area (Å²) in [5.41, 5.74) is 7.90. The molecule has 98 valence electrons. The Morgan fingerprint density at radius 3 is 3.11 bits per heavy atom. The first-order valence-electron chi connectivity index (χ1n) is 6.25. The highest BCUT2D eigenvalue weighted by atomic mass is 32.2. The van der Waals surface area contributed by atoms with Crippen molar-refractivity contribution >= 4 is 34.8 Å². The maximum absolute atomic E-state index is 5.85. The Morgan fingerprint density at radius 2 is 2.44 bits per heavy atom. The average molecular weight is 281 g/mol. The van der Waals surface area contributed by atoms with Crippen LogP contribution >= 0.6 is 24.0 Å². The molecule has 0 aliphatic carbocycles. The summed E-state index contributed by atoms with van der Waals surface area (Å²) in [6, 6.07) is 1.97. The molecular weight excluding hydrogens is 262 g/mol. The third-order valence-corrected chi connectivity index (χ3v) is 4.86. The number of nitrogens with two attached hydrogens (primary N) is 1. The first-order chi connectivity index (χ1) is 8.63. The van der Waals surface area contributed by atoms with Gasteiger partial charge in [0.15, 0.2) is 0 Å². The second-order valence-corrected chi connectivity index (χ2v) is 6.39. The van der Waals surface area contributed by atoms with Gasteiger partial charge in [-0.2, -0.15) is 11.8 Å². The van der Waals surface area contributed by atoms with E-state index in [1.165, 1.54) is 6.42 Å². The molecule has 1 aliphatic heterocycles. The zero-order chi connectivity index (χ0) is 13.1. The van der Waals surface area contributed by atoms with Gasteiger partial charge >= 0.3 is 0 Å². The van der Waals surface area contributed by atoms with Crippen molar-refractivity contribution in [1.82, 2.24) is 4.98 Å².